The second-order valence-electron chi connectivity index (χ2n) is 9.30. The topological polar surface area (TPSA) is 175 Å². The summed E-state index contributed by atoms with van der Waals surface area (Å²) < 4.78 is 57.6. The number of hydrogen-bond acceptors (Lipinski definition) is 9. The molecule has 14 nitrogen and oxygen atoms in total. The molecule has 0 spiro atoms. The molecule has 3 N–H and O–H groups in total. The quantitative estimate of drug-likeness (QED) is 0.319. The number of nitrogens with zero attached hydrogens (tertiary/aromatic N) is 6. The van der Waals surface area contributed by atoms with Gasteiger partial charge in [-0.3, -0.25) is 4.79 Å². The summed E-state index contributed by atoms with van der Waals surface area (Å²) in [5, 5.41) is 2.74. The minimum Gasteiger partial charge on any atom is -0.374 e. The number of hydrogen-bond donors (Lipinski definition) is 2. The zero-order valence-corrected chi connectivity index (χ0v) is 24.4. The SMILES string of the molecule is CN(C)S(=O)(=O)n1ccnc1.CN(C)S(=O)(=O)n1ccnc1C(COCc1ccccc1)NC(=O)C(C)(C)N. The zero-order valence-electron chi connectivity index (χ0n) is 22.8. The Morgan fingerprint density at radius 3 is 2.15 bits per heavy atom. The molecule has 16 heteroatoms. The van der Waals surface area contributed by atoms with Crippen LogP contribution in [0.25, 0.3) is 0 Å². The molecular formula is C23H36N8O6S2. The predicted molar refractivity (Wildman–Crippen MR) is 146 cm³/mol. The Hall–Kier alpha value is -3.15. The number of carbonyl (C=O) groups excluding carboxylic acids is 1. The van der Waals surface area contributed by atoms with Gasteiger partial charge in [-0.05, 0) is 19.4 Å². The van der Waals surface area contributed by atoms with Gasteiger partial charge in [0.15, 0.2) is 0 Å². The van der Waals surface area contributed by atoms with Gasteiger partial charge in [-0.15, -0.1) is 0 Å². The summed E-state index contributed by atoms with van der Waals surface area (Å²) in [7, 11) is -1.38. The van der Waals surface area contributed by atoms with Crippen molar-refractivity contribution < 1.29 is 26.4 Å². The van der Waals surface area contributed by atoms with E-state index in [0.29, 0.717) is 6.61 Å². The van der Waals surface area contributed by atoms with E-state index in [2.05, 4.69) is 15.3 Å². The third kappa shape index (κ3) is 8.67. The van der Waals surface area contributed by atoms with Crippen molar-refractivity contribution in [3.63, 3.8) is 0 Å². The first-order valence-corrected chi connectivity index (χ1v) is 14.5. The molecule has 0 bridgehead atoms. The lowest BCUT2D eigenvalue weighted by atomic mass is 10.1. The first kappa shape index (κ1) is 32.1. The van der Waals surface area contributed by atoms with Crippen molar-refractivity contribution in [3.05, 3.63) is 72.8 Å². The number of nitrogens with two attached hydrogens (primary N) is 1. The summed E-state index contributed by atoms with van der Waals surface area (Å²) in [6, 6.07) is 8.71. The van der Waals surface area contributed by atoms with Crippen molar-refractivity contribution in [1.29, 1.82) is 0 Å². The highest BCUT2D eigenvalue weighted by molar-refractivity contribution is 7.87. The average molecular weight is 585 g/mol. The van der Waals surface area contributed by atoms with E-state index in [0.717, 1.165) is 22.1 Å². The van der Waals surface area contributed by atoms with Gasteiger partial charge in [0.05, 0.1) is 18.8 Å². The lowest BCUT2D eigenvalue weighted by Gasteiger charge is -2.25. The van der Waals surface area contributed by atoms with E-state index in [1.54, 1.807) is 13.8 Å². The van der Waals surface area contributed by atoms with Crippen LogP contribution in [0.15, 0.2) is 61.4 Å². The fourth-order valence-electron chi connectivity index (χ4n) is 2.88. The first-order valence-electron chi connectivity index (χ1n) is 11.7. The molecule has 0 aliphatic carbocycles. The monoisotopic (exact) mass is 584 g/mol. The van der Waals surface area contributed by atoms with Crippen LogP contribution in [0.4, 0.5) is 0 Å². The molecule has 0 fully saturated rings. The molecular weight excluding hydrogens is 548 g/mol. The second kappa shape index (κ2) is 13.3. The van der Waals surface area contributed by atoms with Crippen LogP contribution in [0.2, 0.25) is 0 Å². The van der Waals surface area contributed by atoms with Gasteiger partial charge in [0.1, 0.15) is 18.2 Å². The zero-order chi connectivity index (χ0) is 29.4. The van der Waals surface area contributed by atoms with Crippen LogP contribution in [0.5, 0.6) is 0 Å². The fraction of sp³-hybridized carbons (Fsp3) is 0.435. The van der Waals surface area contributed by atoms with Crippen molar-refractivity contribution in [3.8, 4) is 0 Å². The summed E-state index contributed by atoms with van der Waals surface area (Å²) in [5.41, 5.74) is 5.68. The van der Waals surface area contributed by atoms with Crippen LogP contribution in [-0.4, -0.2) is 89.6 Å². The smallest absolute Gasteiger partial charge is 0.308 e. The summed E-state index contributed by atoms with van der Waals surface area (Å²) in [6.07, 6.45) is 6.74. The van der Waals surface area contributed by atoms with Crippen LogP contribution in [0.3, 0.4) is 0 Å². The van der Waals surface area contributed by atoms with Gasteiger partial charge in [-0.2, -0.15) is 25.4 Å². The molecule has 0 aliphatic heterocycles. The van der Waals surface area contributed by atoms with E-state index in [-0.39, 0.29) is 12.4 Å². The molecule has 3 rings (SSSR count). The van der Waals surface area contributed by atoms with Gasteiger partial charge in [0.25, 0.3) is 0 Å². The molecule has 0 saturated heterocycles. The minimum absolute atomic E-state index is 0.0245. The lowest BCUT2D eigenvalue weighted by molar-refractivity contribution is -0.126. The highest BCUT2D eigenvalue weighted by Crippen LogP contribution is 2.17. The predicted octanol–water partition coefficient (Wildman–Crippen LogP) is 0.187. The summed E-state index contributed by atoms with van der Waals surface area (Å²) >= 11 is 0. The molecule has 2 heterocycles. The average Bonchev–Trinajstić information content (AvgIpc) is 3.57. The maximum absolute atomic E-state index is 12.6. The maximum atomic E-state index is 12.6. The summed E-state index contributed by atoms with van der Waals surface area (Å²) in [4.78, 5) is 20.2. The molecule has 3 aromatic rings. The lowest BCUT2D eigenvalue weighted by Crippen LogP contribution is -2.51. The van der Waals surface area contributed by atoms with Crippen molar-refractivity contribution in [2.24, 2.45) is 5.73 Å². The van der Waals surface area contributed by atoms with E-state index in [9.17, 15) is 21.6 Å². The van der Waals surface area contributed by atoms with E-state index in [4.69, 9.17) is 10.5 Å². The minimum atomic E-state index is -3.81. The van der Waals surface area contributed by atoms with Gasteiger partial charge in [-0.1, -0.05) is 30.3 Å². The maximum Gasteiger partial charge on any atom is 0.308 e. The number of benzene rings is 1. The second-order valence-corrected chi connectivity index (χ2v) is 13.4. The van der Waals surface area contributed by atoms with Crippen molar-refractivity contribution in [1.82, 2.24) is 31.8 Å². The van der Waals surface area contributed by atoms with E-state index < -0.39 is 37.9 Å². The highest BCUT2D eigenvalue weighted by atomic mass is 32.2. The number of carbonyl (C=O) groups is 1. The molecule has 2 aromatic heterocycles. The molecule has 1 atom stereocenters. The van der Waals surface area contributed by atoms with Crippen molar-refractivity contribution >= 4 is 26.3 Å². The summed E-state index contributed by atoms with van der Waals surface area (Å²) in [6.45, 7) is 3.46. The third-order valence-electron chi connectivity index (χ3n) is 5.15. The Morgan fingerprint density at radius 2 is 1.64 bits per heavy atom. The number of imidazole rings is 2. The molecule has 0 radical (unpaired) electrons. The normalized spacial score (nSPS) is 13.2. The molecule has 39 heavy (non-hydrogen) atoms. The Bertz CT molecular complexity index is 1400. The van der Waals surface area contributed by atoms with Gasteiger partial charge < -0.3 is 15.8 Å². The molecule has 1 amide bonds. The third-order valence-corrected chi connectivity index (χ3v) is 8.55. The van der Waals surface area contributed by atoms with E-state index in [1.807, 2.05) is 30.3 Å². The Morgan fingerprint density at radius 1 is 1.03 bits per heavy atom. The van der Waals surface area contributed by atoms with Crippen LogP contribution in [0.1, 0.15) is 31.3 Å². The molecule has 1 unspecified atom stereocenters. The number of rotatable bonds is 11. The Labute approximate surface area is 229 Å². The highest BCUT2D eigenvalue weighted by Gasteiger charge is 2.30. The molecule has 0 saturated carbocycles. The largest absolute Gasteiger partial charge is 0.374 e. The van der Waals surface area contributed by atoms with E-state index >= 15 is 0 Å². The number of aromatic nitrogens is 4. The van der Waals surface area contributed by atoms with Gasteiger partial charge in [0.2, 0.25) is 5.91 Å². The molecule has 216 valence electrons. The van der Waals surface area contributed by atoms with Crippen LogP contribution in [0, 0.1) is 0 Å². The van der Waals surface area contributed by atoms with Gasteiger partial charge in [0, 0.05) is 53.0 Å². The van der Waals surface area contributed by atoms with Crippen LogP contribution < -0.4 is 11.1 Å². The first-order chi connectivity index (χ1) is 18.1. The van der Waals surface area contributed by atoms with Gasteiger partial charge in [-0.25, -0.2) is 17.9 Å². The van der Waals surface area contributed by atoms with Crippen LogP contribution >= 0.6 is 0 Å². The van der Waals surface area contributed by atoms with Crippen LogP contribution in [-0.2, 0) is 36.6 Å². The van der Waals surface area contributed by atoms with Gasteiger partial charge >= 0.3 is 20.4 Å². The Balaban J connectivity index is 0.000000404. The number of nitrogens with one attached hydrogen (secondary N) is 1. The van der Waals surface area contributed by atoms with E-state index in [1.165, 1.54) is 59.3 Å². The standard InChI is InChI=1S/C18H27N5O4S.C5H9N3O2S/c1-18(2,19)17(24)21-15(13-27-12-14-8-6-5-7-9-14)16-20-10-11-23(16)28(25,26)22(3)4;1-7(2)11(9,10)8-4-3-6-5-8/h5-11,15H,12-13,19H2,1-4H3,(H,21,24);3-5H,1-2H3. The van der Waals surface area contributed by atoms with Crippen molar-refractivity contribution in [2.45, 2.75) is 32.0 Å². The molecule has 0 aliphatic rings. The number of amides is 1. The fourth-order valence-corrected chi connectivity index (χ4v) is 4.61. The molecule has 1 aromatic carbocycles. The number of ether oxygens (including phenoxy) is 1. The Kier molecular flexibility index (Phi) is 10.9. The summed E-state index contributed by atoms with van der Waals surface area (Å²) in [5.74, 6) is -0.308. The van der Waals surface area contributed by atoms with Crippen molar-refractivity contribution in [2.75, 3.05) is 34.8 Å².